The van der Waals surface area contributed by atoms with E-state index in [0.29, 0.717) is 22.7 Å². The Kier molecular flexibility index (Phi) is 8.06. The first-order valence-corrected chi connectivity index (χ1v) is 13.7. The van der Waals surface area contributed by atoms with Crippen LogP contribution < -0.4 is 5.32 Å². The van der Waals surface area contributed by atoms with Crippen molar-refractivity contribution in [2.45, 2.75) is 94.3 Å². The molecule has 4 rings (SSSR count). The summed E-state index contributed by atoms with van der Waals surface area (Å²) in [5.74, 6) is -0.158. The highest BCUT2D eigenvalue weighted by Gasteiger charge is 2.27. The predicted octanol–water partition coefficient (Wildman–Crippen LogP) is 7.33. The van der Waals surface area contributed by atoms with Gasteiger partial charge in [-0.1, -0.05) is 17.8 Å². The lowest BCUT2D eigenvalue weighted by atomic mass is 9.83. The van der Waals surface area contributed by atoms with Crippen LogP contribution in [0.25, 0.3) is 0 Å². The van der Waals surface area contributed by atoms with Gasteiger partial charge in [-0.3, -0.25) is 4.90 Å². The van der Waals surface area contributed by atoms with Crippen LogP contribution in [-0.4, -0.2) is 41.2 Å². The van der Waals surface area contributed by atoms with E-state index in [2.05, 4.69) is 22.4 Å². The van der Waals surface area contributed by atoms with Crippen LogP contribution in [-0.2, 0) is 22.4 Å². The molecule has 1 atom stereocenters. The Morgan fingerprint density at radius 3 is 2.53 bits per heavy atom. The zero-order chi connectivity index (χ0) is 27.7. The number of halogens is 1. The quantitative estimate of drug-likeness (QED) is 0.438. The minimum Gasteiger partial charge on any atom is -0.444 e. The molecule has 9 heteroatoms. The monoisotopic (exact) mass is 541 g/mol. The van der Waals surface area contributed by atoms with Gasteiger partial charge >= 0.3 is 12.2 Å². The summed E-state index contributed by atoms with van der Waals surface area (Å²) in [6.45, 7) is 11.6. The molecule has 0 saturated heterocycles. The van der Waals surface area contributed by atoms with Crippen LogP contribution in [0.1, 0.15) is 77.0 Å². The van der Waals surface area contributed by atoms with Gasteiger partial charge in [0, 0.05) is 27.8 Å². The molecule has 1 heterocycles. The number of hydrogen-bond acceptors (Lipinski definition) is 6. The summed E-state index contributed by atoms with van der Waals surface area (Å²) in [4.78, 5) is 32.1. The molecular formula is C29H36FN3O4S. The molecule has 7 nitrogen and oxygen atoms in total. The Morgan fingerprint density at radius 2 is 1.82 bits per heavy atom. The number of alkyl carbamates (subject to hydrolysis) is 1. The van der Waals surface area contributed by atoms with Gasteiger partial charge in [0.25, 0.3) is 0 Å². The minimum absolute atomic E-state index is 0.190. The third-order valence-corrected chi connectivity index (χ3v) is 7.11. The van der Waals surface area contributed by atoms with Gasteiger partial charge in [0.15, 0.2) is 0 Å². The van der Waals surface area contributed by atoms with Crippen molar-refractivity contribution in [1.29, 1.82) is 0 Å². The molecule has 0 aromatic heterocycles. The van der Waals surface area contributed by atoms with E-state index in [-0.39, 0.29) is 18.3 Å². The van der Waals surface area contributed by atoms with Gasteiger partial charge in [-0.2, -0.15) is 0 Å². The van der Waals surface area contributed by atoms with Crippen LogP contribution in [0.5, 0.6) is 0 Å². The molecule has 2 aromatic rings. The SMILES string of the molecule is CC(C)(C)OC(=O)NC[C@@H]1CCCc2cc(Sc3cc(F)cc4c3N=CN(C(=O)OC(C)(C)C)C4)ccc21. The second-order valence-electron chi connectivity index (χ2n) is 11.7. The minimum atomic E-state index is -0.634. The molecule has 38 heavy (non-hydrogen) atoms. The molecular weight excluding hydrogens is 505 g/mol. The zero-order valence-corrected chi connectivity index (χ0v) is 23.7. The van der Waals surface area contributed by atoms with Crippen molar-refractivity contribution in [2.75, 3.05) is 6.54 Å². The zero-order valence-electron chi connectivity index (χ0n) is 22.9. The van der Waals surface area contributed by atoms with E-state index in [4.69, 9.17) is 9.47 Å². The Balaban J connectivity index is 1.48. The van der Waals surface area contributed by atoms with E-state index in [1.54, 1.807) is 20.8 Å². The number of amides is 2. The van der Waals surface area contributed by atoms with Crippen molar-refractivity contribution in [2.24, 2.45) is 4.99 Å². The Labute approximate surface area is 228 Å². The van der Waals surface area contributed by atoms with Crippen LogP contribution in [0.2, 0.25) is 0 Å². The molecule has 2 aliphatic rings. The van der Waals surface area contributed by atoms with Gasteiger partial charge in [-0.05, 0) is 96.2 Å². The Hall–Kier alpha value is -3.07. The maximum absolute atomic E-state index is 14.6. The fraction of sp³-hybridized carbons (Fsp3) is 0.483. The molecule has 0 spiro atoms. The Morgan fingerprint density at radius 1 is 1.08 bits per heavy atom. The highest BCUT2D eigenvalue weighted by atomic mass is 32.2. The second-order valence-corrected chi connectivity index (χ2v) is 12.8. The average Bonchev–Trinajstić information content (AvgIpc) is 2.80. The molecule has 2 amide bonds. The molecule has 0 bridgehead atoms. The topological polar surface area (TPSA) is 80.2 Å². The van der Waals surface area contributed by atoms with Crippen molar-refractivity contribution >= 4 is 36.0 Å². The van der Waals surface area contributed by atoms with Crippen molar-refractivity contribution < 1.29 is 23.5 Å². The number of hydrogen-bond donors (Lipinski definition) is 1. The standard InChI is InChI=1S/C29H36FN3O4S/c1-28(2,3)36-26(34)31-15-19-9-7-8-18-13-22(10-11-23(18)19)38-24-14-21(30)12-20-16-33(17-32-25(20)24)27(35)37-29(4,5)6/h10-14,17,19H,7-9,15-16H2,1-6H3,(H,31,34)/t19-/m0/s1. The first-order chi connectivity index (χ1) is 17.8. The van der Waals surface area contributed by atoms with Gasteiger partial charge in [-0.25, -0.2) is 19.0 Å². The van der Waals surface area contributed by atoms with Crippen LogP contribution in [0.3, 0.4) is 0 Å². The summed E-state index contributed by atoms with van der Waals surface area (Å²) in [5, 5.41) is 2.91. The average molecular weight is 542 g/mol. The fourth-order valence-corrected chi connectivity index (χ4v) is 5.61. The van der Waals surface area contributed by atoms with Crippen molar-refractivity contribution in [3.8, 4) is 0 Å². The summed E-state index contributed by atoms with van der Waals surface area (Å²) in [5.41, 5.74) is 2.59. The summed E-state index contributed by atoms with van der Waals surface area (Å²) >= 11 is 1.46. The van der Waals surface area contributed by atoms with E-state index in [1.165, 1.54) is 46.3 Å². The molecule has 0 unspecified atom stereocenters. The van der Waals surface area contributed by atoms with Gasteiger partial charge in [0.1, 0.15) is 23.4 Å². The van der Waals surface area contributed by atoms with Crippen molar-refractivity contribution in [3.63, 3.8) is 0 Å². The predicted molar refractivity (Wildman–Crippen MR) is 147 cm³/mol. The van der Waals surface area contributed by atoms with Crippen LogP contribution in [0.4, 0.5) is 19.7 Å². The summed E-state index contributed by atoms with van der Waals surface area (Å²) in [6.07, 6.45) is 3.51. The largest absolute Gasteiger partial charge is 0.444 e. The molecule has 1 N–H and O–H groups in total. The number of rotatable bonds is 4. The molecule has 0 saturated carbocycles. The molecule has 1 aliphatic carbocycles. The van der Waals surface area contributed by atoms with Gasteiger partial charge < -0.3 is 14.8 Å². The number of fused-ring (bicyclic) bond motifs is 2. The van der Waals surface area contributed by atoms with Gasteiger partial charge in [0.05, 0.1) is 12.2 Å². The van der Waals surface area contributed by atoms with Crippen LogP contribution >= 0.6 is 11.8 Å². The normalized spacial score (nSPS) is 16.9. The third kappa shape index (κ3) is 7.28. The second kappa shape index (κ2) is 11.0. The number of nitrogens with zero attached hydrogens (tertiary/aromatic N) is 2. The van der Waals surface area contributed by atoms with E-state index in [1.807, 2.05) is 26.8 Å². The van der Waals surface area contributed by atoms with E-state index >= 15 is 0 Å². The lowest BCUT2D eigenvalue weighted by Gasteiger charge is -2.28. The number of ether oxygens (including phenoxy) is 2. The lowest BCUT2D eigenvalue weighted by molar-refractivity contribution is 0.0364. The molecule has 0 fully saturated rings. The molecule has 204 valence electrons. The first-order valence-electron chi connectivity index (χ1n) is 12.9. The number of aryl methyl sites for hydroxylation is 1. The highest BCUT2D eigenvalue weighted by molar-refractivity contribution is 7.99. The molecule has 1 aliphatic heterocycles. The van der Waals surface area contributed by atoms with Crippen molar-refractivity contribution in [1.82, 2.24) is 10.2 Å². The molecule has 0 radical (unpaired) electrons. The highest BCUT2D eigenvalue weighted by Crippen LogP contribution is 2.42. The smallest absolute Gasteiger partial charge is 0.415 e. The number of benzene rings is 2. The first kappa shape index (κ1) is 28.0. The van der Waals surface area contributed by atoms with E-state index in [0.717, 1.165) is 24.2 Å². The number of aliphatic imine (C=N–C) groups is 1. The lowest BCUT2D eigenvalue weighted by Crippen LogP contribution is -2.36. The third-order valence-electron chi connectivity index (χ3n) is 6.09. The number of carbonyl (C=O) groups is 2. The maximum atomic E-state index is 14.6. The summed E-state index contributed by atoms with van der Waals surface area (Å²) in [7, 11) is 0. The van der Waals surface area contributed by atoms with E-state index < -0.39 is 23.4 Å². The van der Waals surface area contributed by atoms with E-state index in [9.17, 15) is 14.0 Å². The number of carbonyl (C=O) groups excluding carboxylic acids is 2. The maximum Gasteiger partial charge on any atom is 0.415 e. The van der Waals surface area contributed by atoms with Gasteiger partial charge in [0.2, 0.25) is 0 Å². The summed E-state index contributed by atoms with van der Waals surface area (Å²) < 4.78 is 25.4. The van der Waals surface area contributed by atoms with Gasteiger partial charge in [-0.15, -0.1) is 0 Å². The molecule has 2 aromatic carbocycles. The summed E-state index contributed by atoms with van der Waals surface area (Å²) in [6, 6.07) is 9.19. The van der Waals surface area contributed by atoms with Crippen LogP contribution in [0.15, 0.2) is 45.1 Å². The number of nitrogens with one attached hydrogen (secondary N) is 1. The van der Waals surface area contributed by atoms with Crippen LogP contribution in [0, 0.1) is 5.82 Å². The van der Waals surface area contributed by atoms with Crippen molar-refractivity contribution in [3.05, 3.63) is 52.8 Å². The Bertz CT molecular complexity index is 1250. The fourth-order valence-electron chi connectivity index (χ4n) is 4.57.